The van der Waals surface area contributed by atoms with Crippen molar-refractivity contribution in [1.82, 2.24) is 9.97 Å². The molecule has 4 aromatic rings. The molecule has 0 bridgehead atoms. The van der Waals surface area contributed by atoms with Crippen LogP contribution in [0.25, 0.3) is 10.8 Å². The van der Waals surface area contributed by atoms with Gasteiger partial charge >= 0.3 is 0 Å². The van der Waals surface area contributed by atoms with Crippen molar-refractivity contribution in [3.63, 3.8) is 0 Å². The van der Waals surface area contributed by atoms with Gasteiger partial charge in [0.1, 0.15) is 5.82 Å². The Hall–Kier alpha value is -2.37. The molecule has 3 nitrogen and oxygen atoms in total. The highest BCUT2D eigenvalue weighted by Gasteiger charge is 2.08. The van der Waals surface area contributed by atoms with Crippen molar-refractivity contribution in [1.29, 1.82) is 0 Å². The molecule has 2 heterocycles. The second-order valence-corrected chi connectivity index (χ2v) is 7.35. The van der Waals surface area contributed by atoms with Gasteiger partial charge in [-0.25, -0.2) is 9.97 Å². The Bertz CT molecular complexity index is 995. The molecule has 4 rings (SSSR count). The zero-order chi connectivity index (χ0) is 16.4. The fourth-order valence-corrected chi connectivity index (χ4v) is 4.05. The van der Waals surface area contributed by atoms with E-state index in [2.05, 4.69) is 63.8 Å². The van der Waals surface area contributed by atoms with Crippen molar-refractivity contribution in [2.45, 2.75) is 16.7 Å². The third-order valence-corrected chi connectivity index (χ3v) is 5.48. The zero-order valence-corrected chi connectivity index (χ0v) is 14.7. The van der Waals surface area contributed by atoms with E-state index in [0.717, 1.165) is 21.5 Å². The van der Waals surface area contributed by atoms with Crippen molar-refractivity contribution < 1.29 is 0 Å². The molecule has 0 aliphatic heterocycles. The van der Waals surface area contributed by atoms with Crippen LogP contribution in [0.5, 0.6) is 0 Å². The molecule has 5 heteroatoms. The van der Waals surface area contributed by atoms with Crippen molar-refractivity contribution in [3.8, 4) is 0 Å². The number of rotatable bonds is 4. The second-order valence-electron chi connectivity index (χ2n) is 5.38. The number of nitrogens with one attached hydrogen (secondary N) is 1. The molecule has 0 amide bonds. The van der Waals surface area contributed by atoms with Crippen LogP contribution in [-0.2, 0) is 0 Å². The molecule has 24 heavy (non-hydrogen) atoms. The highest BCUT2D eigenvalue weighted by atomic mass is 32.2. The van der Waals surface area contributed by atoms with Crippen molar-refractivity contribution in [2.24, 2.45) is 0 Å². The summed E-state index contributed by atoms with van der Waals surface area (Å²) in [5.74, 6) is 0.838. The summed E-state index contributed by atoms with van der Waals surface area (Å²) in [5.41, 5.74) is 1.02. The lowest BCUT2D eigenvalue weighted by atomic mass is 10.1. The van der Waals surface area contributed by atoms with Crippen LogP contribution >= 0.6 is 23.1 Å². The van der Waals surface area contributed by atoms with Gasteiger partial charge < -0.3 is 5.32 Å². The maximum atomic E-state index is 4.48. The van der Waals surface area contributed by atoms with Gasteiger partial charge in [0.15, 0.2) is 5.13 Å². The Labute approximate surface area is 148 Å². The lowest BCUT2D eigenvalue weighted by molar-refractivity contribution is 1.20. The van der Waals surface area contributed by atoms with Crippen LogP contribution in [-0.4, -0.2) is 9.97 Å². The molecule has 0 spiro atoms. The fourth-order valence-electron chi connectivity index (χ4n) is 2.44. The monoisotopic (exact) mass is 349 g/mol. The minimum atomic E-state index is 0.838. The molecule has 1 N–H and O–H groups in total. The molecular formula is C19H15N3S2. The first-order valence-corrected chi connectivity index (χ1v) is 9.28. The smallest absolute Gasteiger partial charge is 0.188 e. The molecule has 0 fully saturated rings. The predicted molar refractivity (Wildman–Crippen MR) is 102 cm³/mol. The van der Waals surface area contributed by atoms with Gasteiger partial charge in [-0.15, -0.1) is 11.3 Å². The molecule has 0 unspecified atom stereocenters. The lowest BCUT2D eigenvalue weighted by Crippen LogP contribution is -1.95. The fraction of sp³-hybridized carbons (Fsp3) is 0.0526. The number of hydrogen-bond donors (Lipinski definition) is 1. The van der Waals surface area contributed by atoms with Crippen LogP contribution in [0.4, 0.5) is 10.9 Å². The van der Waals surface area contributed by atoms with Gasteiger partial charge in [0, 0.05) is 16.5 Å². The van der Waals surface area contributed by atoms with Gasteiger partial charge in [-0.1, -0.05) is 42.1 Å². The van der Waals surface area contributed by atoms with Crippen molar-refractivity contribution in [3.05, 3.63) is 71.9 Å². The summed E-state index contributed by atoms with van der Waals surface area (Å²) in [6.45, 7) is 1.99. The first kappa shape index (κ1) is 15.2. The number of aryl methyl sites for hydroxylation is 1. The van der Waals surface area contributed by atoms with E-state index in [1.165, 1.54) is 15.7 Å². The number of fused-ring (bicyclic) bond motifs is 1. The van der Waals surface area contributed by atoms with E-state index in [-0.39, 0.29) is 0 Å². The highest BCUT2D eigenvalue weighted by Crippen LogP contribution is 2.35. The van der Waals surface area contributed by atoms with E-state index in [9.17, 15) is 0 Å². The van der Waals surface area contributed by atoms with E-state index in [4.69, 9.17) is 0 Å². The Morgan fingerprint density at radius 3 is 2.71 bits per heavy atom. The maximum Gasteiger partial charge on any atom is 0.188 e. The van der Waals surface area contributed by atoms with Crippen LogP contribution in [0, 0.1) is 6.92 Å². The van der Waals surface area contributed by atoms with Crippen LogP contribution in [0.3, 0.4) is 0 Å². The number of nitrogens with zero attached hydrogens (tertiary/aromatic N) is 2. The van der Waals surface area contributed by atoms with Gasteiger partial charge in [0.2, 0.25) is 0 Å². The molecule has 2 aromatic carbocycles. The Balaban J connectivity index is 1.63. The lowest BCUT2D eigenvalue weighted by Gasteiger charge is -2.09. The molecule has 0 saturated carbocycles. The van der Waals surface area contributed by atoms with E-state index in [1.54, 1.807) is 29.3 Å². The molecule has 118 valence electrons. The third-order valence-electron chi connectivity index (χ3n) is 3.56. The minimum absolute atomic E-state index is 0.838. The van der Waals surface area contributed by atoms with Crippen LogP contribution in [0.2, 0.25) is 0 Å². The normalized spacial score (nSPS) is 10.9. The molecule has 0 aliphatic rings. The number of pyridine rings is 1. The zero-order valence-electron chi connectivity index (χ0n) is 13.1. The number of thiazole rings is 1. The Kier molecular flexibility index (Phi) is 4.19. The minimum Gasteiger partial charge on any atom is -0.315 e. The van der Waals surface area contributed by atoms with Crippen molar-refractivity contribution in [2.75, 3.05) is 5.32 Å². The predicted octanol–water partition coefficient (Wildman–Crippen LogP) is 5.89. The average molecular weight is 349 g/mol. The van der Waals surface area contributed by atoms with E-state index >= 15 is 0 Å². The summed E-state index contributed by atoms with van der Waals surface area (Å²) >= 11 is 3.30. The van der Waals surface area contributed by atoms with Crippen LogP contribution in [0.15, 0.2) is 76.0 Å². The first-order valence-electron chi connectivity index (χ1n) is 7.59. The third kappa shape index (κ3) is 3.27. The summed E-state index contributed by atoms with van der Waals surface area (Å²) in [5, 5.41) is 8.72. The summed E-state index contributed by atoms with van der Waals surface area (Å²) in [6.07, 6.45) is 1.80. The van der Waals surface area contributed by atoms with E-state index in [0.29, 0.717) is 0 Å². The quantitative estimate of drug-likeness (QED) is 0.498. The topological polar surface area (TPSA) is 37.8 Å². The number of anilines is 2. The van der Waals surface area contributed by atoms with Gasteiger partial charge in [0.05, 0.1) is 10.6 Å². The first-order chi connectivity index (χ1) is 11.8. The molecule has 0 saturated heterocycles. The standard InChI is InChI=1S/C19H15N3S2/c1-13-12-23-19(21-13)22-18-17(7-4-10-20-18)24-16-9-8-14-5-2-3-6-15(14)11-16/h2-12H,1H3,(H,20,21,22). The molecule has 2 aromatic heterocycles. The van der Waals surface area contributed by atoms with E-state index < -0.39 is 0 Å². The number of hydrogen-bond acceptors (Lipinski definition) is 5. The Morgan fingerprint density at radius 1 is 1.00 bits per heavy atom. The Morgan fingerprint density at radius 2 is 1.88 bits per heavy atom. The van der Waals surface area contributed by atoms with Gasteiger partial charge in [-0.05, 0) is 42.0 Å². The summed E-state index contributed by atoms with van der Waals surface area (Å²) in [4.78, 5) is 11.2. The van der Waals surface area contributed by atoms with Crippen molar-refractivity contribution >= 4 is 44.8 Å². The van der Waals surface area contributed by atoms with Gasteiger partial charge in [-0.3, -0.25) is 0 Å². The molecule has 0 radical (unpaired) electrons. The van der Waals surface area contributed by atoms with Crippen LogP contribution in [0.1, 0.15) is 5.69 Å². The summed E-state index contributed by atoms with van der Waals surface area (Å²) in [6, 6.07) is 19.0. The second kappa shape index (κ2) is 6.63. The molecular weight excluding hydrogens is 334 g/mol. The van der Waals surface area contributed by atoms with Gasteiger partial charge in [-0.2, -0.15) is 0 Å². The van der Waals surface area contributed by atoms with Crippen LogP contribution < -0.4 is 5.32 Å². The highest BCUT2D eigenvalue weighted by molar-refractivity contribution is 7.99. The molecule has 0 atom stereocenters. The molecule has 0 aliphatic carbocycles. The van der Waals surface area contributed by atoms with E-state index in [1.807, 2.05) is 18.4 Å². The maximum absolute atomic E-state index is 4.48. The van der Waals surface area contributed by atoms with Gasteiger partial charge in [0.25, 0.3) is 0 Å². The average Bonchev–Trinajstić information content (AvgIpc) is 3.01. The summed E-state index contributed by atoms with van der Waals surface area (Å²) in [7, 11) is 0. The largest absolute Gasteiger partial charge is 0.315 e. The SMILES string of the molecule is Cc1csc(Nc2ncccc2Sc2ccc3ccccc3c2)n1. The summed E-state index contributed by atoms with van der Waals surface area (Å²) < 4.78 is 0. The number of aromatic nitrogens is 2. The number of benzene rings is 2.